The van der Waals surface area contributed by atoms with E-state index in [1.165, 1.54) is 6.04 Å². The molecule has 8 heavy (non-hydrogen) atoms. The molecule has 0 aromatic carbocycles. The Labute approximate surface area is 66.6 Å². The van der Waals surface area contributed by atoms with Crippen LogP contribution in [0.2, 0.25) is 6.04 Å². The van der Waals surface area contributed by atoms with E-state index in [-0.39, 0.29) is 24.8 Å². The van der Waals surface area contributed by atoms with Crippen LogP contribution in [0.1, 0.15) is 6.92 Å². The molecule has 0 fully saturated rings. The summed E-state index contributed by atoms with van der Waals surface area (Å²) in [7, 11) is 5.20. The molecule has 0 rings (SSSR count). The molecule has 2 radical (unpaired) electrons. The third-order valence-corrected chi connectivity index (χ3v) is 1.42. The van der Waals surface area contributed by atoms with Gasteiger partial charge in [-0.15, -0.1) is 0 Å². The van der Waals surface area contributed by atoms with Crippen LogP contribution in [-0.4, -0.2) is 28.3 Å². The zero-order valence-electron chi connectivity index (χ0n) is 5.41. The number of hydrogen-bond acceptors (Lipinski definition) is 1. The first-order valence-corrected chi connectivity index (χ1v) is 3.33. The predicted octanol–water partition coefficient (Wildman–Crippen LogP) is -5.39. The molecule has 0 unspecified atom stereocenters. The molecule has 0 aliphatic heterocycles. The summed E-state index contributed by atoms with van der Waals surface area (Å²) >= 11 is 0. The van der Waals surface area contributed by atoms with Crippen molar-refractivity contribution in [2.45, 2.75) is 13.0 Å². The minimum absolute atomic E-state index is 0. The van der Waals surface area contributed by atoms with Crippen LogP contribution >= 0.6 is 0 Å². The van der Waals surface area contributed by atoms with Crippen LogP contribution in [0.15, 0.2) is 0 Å². The number of rotatable bonds is 2. The molecule has 0 heterocycles. The van der Waals surface area contributed by atoms with Crippen LogP contribution in [0.5, 0.6) is 0 Å². The Morgan fingerprint density at radius 1 is 1.25 bits per heavy atom. The lowest BCUT2D eigenvalue weighted by atomic mass is 11.0. The van der Waals surface area contributed by atoms with Gasteiger partial charge >= 0.3 is 0 Å². The second kappa shape index (κ2) is 10.7. The third kappa shape index (κ3) is 15.9. The molecule has 4 heteroatoms. The molecule has 0 amide bonds. The Morgan fingerprint density at radius 3 is 1.62 bits per heavy atom. The van der Waals surface area contributed by atoms with Crippen molar-refractivity contribution < 1.29 is 24.8 Å². The normalized spacial score (nSPS) is 7.50. The van der Waals surface area contributed by atoms with Crippen LogP contribution in [-0.2, 0) is 0 Å². The summed E-state index contributed by atoms with van der Waals surface area (Å²) in [6.07, 6.45) is 0. The van der Waals surface area contributed by atoms with Crippen LogP contribution in [0, 0.1) is 0 Å². The average molecular weight is 172 g/mol. The van der Waals surface area contributed by atoms with E-state index in [1.54, 1.807) is 0 Å². The molecule has 0 aromatic heterocycles. The van der Waals surface area contributed by atoms with Crippen LogP contribution in [0.25, 0.3) is 0 Å². The van der Waals surface area contributed by atoms with Crippen molar-refractivity contribution in [3.63, 3.8) is 0 Å². The van der Waals surface area contributed by atoms with Gasteiger partial charge in [-0.2, -0.15) is 0 Å². The first-order valence-electron chi connectivity index (χ1n) is 2.18. The number of nitrogens with zero attached hydrogens (tertiary/aromatic N) is 1. The maximum absolute atomic E-state index is 2.21. The van der Waals surface area contributed by atoms with Crippen molar-refractivity contribution in [1.82, 2.24) is 4.57 Å². The number of hydrogen-bond donors (Lipinski definition) is 0. The van der Waals surface area contributed by atoms with Gasteiger partial charge in [0.15, 0.2) is 0 Å². The summed E-state index contributed by atoms with van der Waals surface area (Å²) in [5.74, 6) is 0. The minimum Gasteiger partial charge on any atom is -1.00 e. The van der Waals surface area contributed by atoms with Crippen LogP contribution < -0.4 is 24.8 Å². The topological polar surface area (TPSA) is 3.24 Å². The molecule has 0 aliphatic rings. The highest BCUT2D eigenvalue weighted by atomic mass is 35.5. The summed E-state index contributed by atoms with van der Waals surface area (Å²) in [4.78, 5) is 0. The summed E-state index contributed by atoms with van der Waals surface area (Å²) in [5.41, 5.74) is 0. The van der Waals surface area contributed by atoms with E-state index in [2.05, 4.69) is 25.6 Å². The minimum atomic E-state index is 0. The second-order valence-electron chi connectivity index (χ2n) is 1.41. The summed E-state index contributed by atoms with van der Waals surface area (Å²) in [6.45, 7) is 2.19. The van der Waals surface area contributed by atoms with Gasteiger partial charge < -0.3 is 29.4 Å². The van der Waals surface area contributed by atoms with E-state index in [4.69, 9.17) is 0 Å². The lowest BCUT2D eigenvalue weighted by Gasteiger charge is -2.01. The van der Waals surface area contributed by atoms with Crippen molar-refractivity contribution >= 4 is 9.68 Å². The lowest BCUT2D eigenvalue weighted by Crippen LogP contribution is -3.00. The highest BCUT2D eigenvalue weighted by Crippen LogP contribution is 1.73. The molecule has 0 N–H and O–H groups in total. The van der Waals surface area contributed by atoms with E-state index in [9.17, 15) is 0 Å². The Hall–Kier alpha value is 0.757. The van der Waals surface area contributed by atoms with Crippen molar-refractivity contribution in [3.8, 4) is 0 Å². The van der Waals surface area contributed by atoms with Gasteiger partial charge in [-0.1, -0.05) is 6.92 Å². The van der Waals surface area contributed by atoms with Crippen molar-refractivity contribution in [2.75, 3.05) is 14.1 Å². The first-order chi connectivity index (χ1) is 2.77. The van der Waals surface area contributed by atoms with Crippen molar-refractivity contribution in [3.05, 3.63) is 0 Å². The maximum atomic E-state index is 2.21. The fourth-order valence-electron chi connectivity index (χ4n) is 0.316. The molecule has 0 saturated heterocycles. The fourth-order valence-corrected chi connectivity index (χ4v) is 0.949. The standard InChI is InChI=1S/C4H11NSi.2ClH/c1-4-6-5(2)3;;/h4H2,1-3H3;2*1H/p-2. The SMILES string of the molecule is CC[Si]N(C)C.[Cl-].[Cl-]. The summed E-state index contributed by atoms with van der Waals surface area (Å²) in [6, 6.07) is 1.28. The Morgan fingerprint density at radius 2 is 1.62 bits per heavy atom. The van der Waals surface area contributed by atoms with Gasteiger partial charge in [0, 0.05) is 0 Å². The zero-order valence-corrected chi connectivity index (χ0v) is 7.92. The molecule has 0 spiro atoms. The quantitative estimate of drug-likeness (QED) is 0.376. The van der Waals surface area contributed by atoms with Gasteiger partial charge in [0.2, 0.25) is 0 Å². The summed E-state index contributed by atoms with van der Waals surface area (Å²) in [5, 5.41) is 0. The third-order valence-electron chi connectivity index (χ3n) is 0.474. The smallest absolute Gasteiger partial charge is 0.141 e. The van der Waals surface area contributed by atoms with E-state index in [0.717, 1.165) is 9.68 Å². The largest absolute Gasteiger partial charge is 1.00 e. The molecule has 0 bridgehead atoms. The molecule has 1 nitrogen and oxygen atoms in total. The Kier molecular flexibility index (Phi) is 21.2. The molecular weight excluding hydrogens is 161 g/mol. The van der Waals surface area contributed by atoms with Gasteiger partial charge in [-0.3, -0.25) is 0 Å². The fraction of sp³-hybridized carbons (Fsp3) is 1.00. The Balaban J connectivity index is -0.000000125. The van der Waals surface area contributed by atoms with Gasteiger partial charge in [-0.05, 0) is 20.1 Å². The molecule has 52 valence electrons. The van der Waals surface area contributed by atoms with Gasteiger partial charge in [0.1, 0.15) is 9.68 Å². The first kappa shape index (κ1) is 15.9. The van der Waals surface area contributed by atoms with Gasteiger partial charge in [0.25, 0.3) is 0 Å². The number of halogens is 2. The molecule has 0 aliphatic carbocycles. The summed E-state index contributed by atoms with van der Waals surface area (Å²) < 4.78 is 2.21. The van der Waals surface area contributed by atoms with Crippen molar-refractivity contribution in [1.29, 1.82) is 0 Å². The molecule has 0 atom stereocenters. The average Bonchev–Trinajstić information content (AvgIpc) is 1.35. The molecule has 0 aromatic rings. The van der Waals surface area contributed by atoms with Crippen molar-refractivity contribution in [2.24, 2.45) is 0 Å². The van der Waals surface area contributed by atoms with E-state index in [0.29, 0.717) is 0 Å². The van der Waals surface area contributed by atoms with E-state index < -0.39 is 0 Å². The second-order valence-corrected chi connectivity index (χ2v) is 3.32. The Bertz CT molecular complexity index is 35.2. The maximum Gasteiger partial charge on any atom is 0.141 e. The van der Waals surface area contributed by atoms with Gasteiger partial charge in [0.05, 0.1) is 0 Å². The van der Waals surface area contributed by atoms with Gasteiger partial charge in [-0.25, -0.2) is 0 Å². The predicted molar refractivity (Wildman–Crippen MR) is 29.9 cm³/mol. The molecule has 0 saturated carbocycles. The highest BCUT2D eigenvalue weighted by molar-refractivity contribution is 6.31. The molecular formula is C4H11Cl2NSi-2. The van der Waals surface area contributed by atoms with Crippen LogP contribution in [0.3, 0.4) is 0 Å². The monoisotopic (exact) mass is 171 g/mol. The zero-order chi connectivity index (χ0) is 4.99. The van der Waals surface area contributed by atoms with E-state index in [1.807, 2.05) is 0 Å². The van der Waals surface area contributed by atoms with Crippen LogP contribution in [0.4, 0.5) is 0 Å². The lowest BCUT2D eigenvalue weighted by molar-refractivity contribution is -0.00100. The highest BCUT2D eigenvalue weighted by Gasteiger charge is 1.82. The van der Waals surface area contributed by atoms with E-state index >= 15 is 0 Å².